The van der Waals surface area contributed by atoms with Gasteiger partial charge in [-0.1, -0.05) is 18.2 Å². The zero-order chi connectivity index (χ0) is 14.1. The Labute approximate surface area is 113 Å². The predicted octanol–water partition coefficient (Wildman–Crippen LogP) is 1.76. The number of carbonyl (C=O) groups excluding carboxylic acids is 1. The summed E-state index contributed by atoms with van der Waals surface area (Å²) in [6.07, 6.45) is 0. The molecule has 0 aliphatic heterocycles. The molecule has 2 aromatic heterocycles. The molecule has 3 rings (SSSR count). The van der Waals surface area contributed by atoms with E-state index in [4.69, 9.17) is 5.73 Å². The number of rotatable bonds is 2. The Hall–Kier alpha value is -2.96. The first-order valence-corrected chi connectivity index (χ1v) is 5.91. The molecule has 100 valence electrons. The first-order valence-electron chi connectivity index (χ1n) is 5.91. The molecular formula is C13H11N5O2. The van der Waals surface area contributed by atoms with Crippen molar-refractivity contribution in [2.45, 2.75) is 6.92 Å². The van der Waals surface area contributed by atoms with E-state index >= 15 is 0 Å². The lowest BCUT2D eigenvalue weighted by Crippen LogP contribution is -2.14. The molecule has 2 heterocycles. The molecule has 3 aromatic rings. The van der Waals surface area contributed by atoms with Crippen LogP contribution in [0.1, 0.15) is 16.2 Å². The van der Waals surface area contributed by atoms with Crippen LogP contribution in [0.15, 0.2) is 35.0 Å². The number of benzene rings is 1. The monoisotopic (exact) mass is 269 g/mol. The molecule has 0 bridgehead atoms. The van der Waals surface area contributed by atoms with Crippen molar-refractivity contribution in [3.8, 4) is 0 Å². The molecule has 0 fully saturated rings. The Kier molecular flexibility index (Phi) is 2.79. The number of nitrogen functional groups attached to an aromatic ring is 1. The van der Waals surface area contributed by atoms with E-state index < -0.39 is 5.91 Å². The van der Waals surface area contributed by atoms with Crippen LogP contribution in [0.2, 0.25) is 0 Å². The Morgan fingerprint density at radius 1 is 1.30 bits per heavy atom. The highest BCUT2D eigenvalue weighted by molar-refractivity contribution is 6.09. The zero-order valence-electron chi connectivity index (χ0n) is 10.6. The van der Waals surface area contributed by atoms with Crippen LogP contribution in [0.25, 0.3) is 10.9 Å². The molecule has 1 aromatic carbocycles. The van der Waals surface area contributed by atoms with Gasteiger partial charge in [0.15, 0.2) is 0 Å². The van der Waals surface area contributed by atoms with Crippen molar-refractivity contribution in [1.29, 1.82) is 0 Å². The molecule has 20 heavy (non-hydrogen) atoms. The number of hydrogen-bond acceptors (Lipinski definition) is 6. The lowest BCUT2D eigenvalue weighted by Gasteiger charge is -2.08. The molecule has 0 radical (unpaired) electrons. The Bertz CT molecular complexity index is 796. The summed E-state index contributed by atoms with van der Waals surface area (Å²) < 4.78 is 4.42. The summed E-state index contributed by atoms with van der Waals surface area (Å²) in [5.41, 5.74) is 7.69. The second-order valence-corrected chi connectivity index (χ2v) is 4.28. The molecule has 0 unspecified atom stereocenters. The third-order valence-corrected chi connectivity index (χ3v) is 2.82. The van der Waals surface area contributed by atoms with Crippen molar-refractivity contribution in [1.82, 2.24) is 15.3 Å². The van der Waals surface area contributed by atoms with Crippen molar-refractivity contribution < 1.29 is 9.42 Å². The summed E-state index contributed by atoms with van der Waals surface area (Å²) in [7, 11) is 0. The highest BCUT2D eigenvalue weighted by Gasteiger charge is 2.17. The third kappa shape index (κ3) is 2.05. The molecule has 0 aliphatic carbocycles. The van der Waals surface area contributed by atoms with E-state index in [2.05, 4.69) is 25.2 Å². The number of pyridine rings is 1. The minimum absolute atomic E-state index is 0.0384. The van der Waals surface area contributed by atoms with Gasteiger partial charge in [-0.2, -0.15) is 0 Å². The van der Waals surface area contributed by atoms with Gasteiger partial charge in [0.2, 0.25) is 11.5 Å². The number of aryl methyl sites for hydroxylation is 1. The quantitative estimate of drug-likeness (QED) is 0.734. The van der Waals surface area contributed by atoms with Gasteiger partial charge in [0.1, 0.15) is 0 Å². The number of fused-ring (bicyclic) bond motifs is 1. The largest absolute Gasteiger partial charge is 0.379 e. The average molecular weight is 269 g/mol. The molecule has 0 saturated carbocycles. The minimum Gasteiger partial charge on any atom is -0.379 e. The number of aromatic nitrogens is 3. The number of nitrogens with zero attached hydrogens (tertiary/aromatic N) is 3. The van der Waals surface area contributed by atoms with Gasteiger partial charge in [-0.15, -0.1) is 0 Å². The average Bonchev–Trinajstić information content (AvgIpc) is 2.85. The fourth-order valence-corrected chi connectivity index (χ4v) is 1.95. The number of para-hydroxylation sites is 1. The van der Waals surface area contributed by atoms with Crippen LogP contribution in [0.4, 0.5) is 11.5 Å². The number of nitrogens with one attached hydrogen (secondary N) is 1. The molecule has 0 spiro atoms. The van der Waals surface area contributed by atoms with E-state index in [-0.39, 0.29) is 11.5 Å². The first-order chi connectivity index (χ1) is 9.65. The molecular weight excluding hydrogens is 258 g/mol. The van der Waals surface area contributed by atoms with Gasteiger partial charge < -0.3 is 11.1 Å². The summed E-state index contributed by atoms with van der Waals surface area (Å²) in [6.45, 7) is 1.86. The predicted molar refractivity (Wildman–Crippen MR) is 73.1 cm³/mol. The standard InChI is InChI=1S/C13H11N5O2/c1-7-6-10(8-4-2-3-5-9(8)15-7)16-13(19)11-12(14)18-20-17-11/h2-6H,1H3,(H2,14,18)(H,15,16,19). The first kappa shape index (κ1) is 12.1. The van der Waals surface area contributed by atoms with E-state index in [0.717, 1.165) is 16.6 Å². The molecule has 0 saturated heterocycles. The fourth-order valence-electron chi connectivity index (χ4n) is 1.95. The third-order valence-electron chi connectivity index (χ3n) is 2.82. The number of anilines is 2. The number of nitrogens with two attached hydrogens (primary N) is 1. The van der Waals surface area contributed by atoms with Gasteiger partial charge in [0.05, 0.1) is 11.2 Å². The summed E-state index contributed by atoms with van der Waals surface area (Å²) in [4.78, 5) is 16.5. The van der Waals surface area contributed by atoms with Crippen LogP contribution in [0.3, 0.4) is 0 Å². The van der Waals surface area contributed by atoms with Crippen LogP contribution in [-0.2, 0) is 0 Å². The molecule has 7 heteroatoms. The topological polar surface area (TPSA) is 107 Å². The number of hydrogen-bond donors (Lipinski definition) is 2. The van der Waals surface area contributed by atoms with Crippen molar-refractivity contribution in [3.63, 3.8) is 0 Å². The number of carbonyl (C=O) groups is 1. The highest BCUT2D eigenvalue weighted by Crippen LogP contribution is 2.23. The normalized spacial score (nSPS) is 10.7. The molecule has 0 atom stereocenters. The van der Waals surface area contributed by atoms with Crippen LogP contribution >= 0.6 is 0 Å². The van der Waals surface area contributed by atoms with E-state index in [1.165, 1.54) is 0 Å². The highest BCUT2D eigenvalue weighted by atomic mass is 16.6. The van der Waals surface area contributed by atoms with Gasteiger partial charge in [0.25, 0.3) is 5.91 Å². The van der Waals surface area contributed by atoms with Crippen LogP contribution in [-0.4, -0.2) is 21.2 Å². The lowest BCUT2D eigenvalue weighted by atomic mass is 10.1. The van der Waals surface area contributed by atoms with Gasteiger partial charge in [-0.05, 0) is 29.4 Å². The zero-order valence-corrected chi connectivity index (χ0v) is 10.6. The van der Waals surface area contributed by atoms with Crippen LogP contribution in [0, 0.1) is 6.92 Å². The second kappa shape index (κ2) is 4.61. The SMILES string of the molecule is Cc1cc(NC(=O)c2nonc2N)c2ccccc2n1. The molecule has 3 N–H and O–H groups in total. The van der Waals surface area contributed by atoms with Crippen molar-refractivity contribution in [2.75, 3.05) is 11.1 Å². The summed E-state index contributed by atoms with van der Waals surface area (Å²) >= 11 is 0. The van der Waals surface area contributed by atoms with Crippen molar-refractivity contribution in [2.24, 2.45) is 0 Å². The molecule has 0 aliphatic rings. The van der Waals surface area contributed by atoms with Crippen molar-refractivity contribution in [3.05, 3.63) is 41.7 Å². The van der Waals surface area contributed by atoms with Crippen molar-refractivity contribution >= 4 is 28.3 Å². The number of amides is 1. The Morgan fingerprint density at radius 2 is 2.10 bits per heavy atom. The summed E-state index contributed by atoms with van der Waals surface area (Å²) in [6, 6.07) is 9.30. The molecule has 1 amide bonds. The van der Waals surface area contributed by atoms with Gasteiger partial charge in [-0.25, -0.2) is 4.63 Å². The smallest absolute Gasteiger partial charge is 0.281 e. The summed E-state index contributed by atoms with van der Waals surface area (Å²) in [5, 5.41) is 10.4. The van der Waals surface area contributed by atoms with E-state index in [0.29, 0.717) is 5.69 Å². The maximum Gasteiger partial charge on any atom is 0.281 e. The molecule has 7 nitrogen and oxygen atoms in total. The Balaban J connectivity index is 2.03. The van der Waals surface area contributed by atoms with Gasteiger partial charge in [0, 0.05) is 11.1 Å². The second-order valence-electron chi connectivity index (χ2n) is 4.28. The van der Waals surface area contributed by atoms with Crippen LogP contribution in [0.5, 0.6) is 0 Å². The van der Waals surface area contributed by atoms with Crippen LogP contribution < -0.4 is 11.1 Å². The van der Waals surface area contributed by atoms with E-state index in [1.807, 2.05) is 31.2 Å². The Morgan fingerprint density at radius 3 is 2.85 bits per heavy atom. The lowest BCUT2D eigenvalue weighted by molar-refractivity contribution is 0.101. The maximum atomic E-state index is 12.1. The summed E-state index contributed by atoms with van der Waals surface area (Å²) in [5.74, 6) is -0.517. The van der Waals surface area contributed by atoms with Gasteiger partial charge in [-0.3, -0.25) is 9.78 Å². The minimum atomic E-state index is -0.473. The van der Waals surface area contributed by atoms with Gasteiger partial charge >= 0.3 is 0 Å². The maximum absolute atomic E-state index is 12.1. The van der Waals surface area contributed by atoms with E-state index in [1.54, 1.807) is 6.07 Å². The fraction of sp³-hybridized carbons (Fsp3) is 0.0769. The van der Waals surface area contributed by atoms with E-state index in [9.17, 15) is 4.79 Å².